The molecule has 30 heavy (non-hydrogen) atoms. The monoisotopic (exact) mass is 427 g/mol. The van der Waals surface area contributed by atoms with Gasteiger partial charge in [-0.25, -0.2) is 4.39 Å². The fraction of sp³-hybridized carbons (Fsp3) is 0.227. The zero-order valence-electron chi connectivity index (χ0n) is 15.9. The SMILES string of the molecule is O=C(N[C@H]1CCC[C@@H]1O)c1cc(-c2ccc(Cl)cc2)nn(-c2cccc(F)c2)c1=O. The number of carbonyl (C=O) groups excluding carboxylic acids is 1. The summed E-state index contributed by atoms with van der Waals surface area (Å²) in [4.78, 5) is 25.9. The molecule has 1 amide bonds. The van der Waals surface area contributed by atoms with Crippen molar-refractivity contribution in [1.29, 1.82) is 0 Å². The van der Waals surface area contributed by atoms with Crippen LogP contribution in [-0.4, -0.2) is 32.9 Å². The Bertz CT molecular complexity index is 1150. The van der Waals surface area contributed by atoms with Gasteiger partial charge in [-0.2, -0.15) is 9.78 Å². The summed E-state index contributed by atoms with van der Waals surface area (Å²) in [5, 5.41) is 17.6. The van der Waals surface area contributed by atoms with E-state index in [9.17, 15) is 19.1 Å². The van der Waals surface area contributed by atoms with Gasteiger partial charge in [0.2, 0.25) is 0 Å². The van der Waals surface area contributed by atoms with Crippen molar-refractivity contribution in [2.24, 2.45) is 0 Å². The van der Waals surface area contributed by atoms with Crippen LogP contribution >= 0.6 is 11.6 Å². The highest BCUT2D eigenvalue weighted by Crippen LogP contribution is 2.22. The normalized spacial score (nSPS) is 18.4. The van der Waals surface area contributed by atoms with Gasteiger partial charge in [0.15, 0.2) is 0 Å². The zero-order valence-corrected chi connectivity index (χ0v) is 16.6. The number of aliphatic hydroxyl groups is 1. The summed E-state index contributed by atoms with van der Waals surface area (Å²) in [5.41, 5.74) is 0.375. The smallest absolute Gasteiger partial charge is 0.284 e. The van der Waals surface area contributed by atoms with Gasteiger partial charge < -0.3 is 10.4 Å². The Hall–Kier alpha value is -3.03. The summed E-state index contributed by atoms with van der Waals surface area (Å²) in [5.74, 6) is -1.13. The second-order valence-electron chi connectivity index (χ2n) is 7.23. The highest BCUT2D eigenvalue weighted by molar-refractivity contribution is 6.30. The van der Waals surface area contributed by atoms with Gasteiger partial charge in [-0.3, -0.25) is 9.59 Å². The third-order valence-electron chi connectivity index (χ3n) is 5.14. The lowest BCUT2D eigenvalue weighted by Gasteiger charge is -2.17. The summed E-state index contributed by atoms with van der Waals surface area (Å²) in [6.45, 7) is 0. The number of hydrogen-bond acceptors (Lipinski definition) is 4. The molecule has 4 rings (SSSR count). The molecule has 0 spiro atoms. The van der Waals surface area contributed by atoms with E-state index in [2.05, 4.69) is 10.4 Å². The minimum absolute atomic E-state index is 0.140. The Labute approximate surface area is 176 Å². The predicted molar refractivity (Wildman–Crippen MR) is 111 cm³/mol. The highest BCUT2D eigenvalue weighted by Gasteiger charge is 2.28. The number of hydrogen-bond donors (Lipinski definition) is 2. The van der Waals surface area contributed by atoms with Gasteiger partial charge in [0.05, 0.1) is 23.5 Å². The molecule has 2 N–H and O–H groups in total. The second-order valence-corrected chi connectivity index (χ2v) is 7.66. The van der Waals surface area contributed by atoms with Crippen molar-refractivity contribution in [3.63, 3.8) is 0 Å². The standard InChI is InChI=1S/C22H19ClFN3O3/c23-14-9-7-13(8-10-14)19-12-17(21(29)25-18-5-2-6-20(18)28)22(30)27(26-19)16-4-1-3-15(24)11-16/h1,3-4,7-12,18,20,28H,2,5-6H2,(H,25,29)/t18-,20-/m0/s1. The maximum Gasteiger partial charge on any atom is 0.284 e. The molecule has 1 aliphatic carbocycles. The van der Waals surface area contributed by atoms with Crippen LogP contribution in [-0.2, 0) is 0 Å². The minimum Gasteiger partial charge on any atom is -0.391 e. The van der Waals surface area contributed by atoms with Crippen molar-refractivity contribution in [1.82, 2.24) is 15.1 Å². The van der Waals surface area contributed by atoms with Crippen LogP contribution in [0.5, 0.6) is 0 Å². The van der Waals surface area contributed by atoms with E-state index in [4.69, 9.17) is 11.6 Å². The maximum atomic E-state index is 13.8. The van der Waals surface area contributed by atoms with Crippen LogP contribution in [0.4, 0.5) is 4.39 Å². The van der Waals surface area contributed by atoms with E-state index in [0.717, 1.165) is 11.1 Å². The first-order valence-corrected chi connectivity index (χ1v) is 9.95. The molecule has 3 aromatic rings. The molecule has 0 saturated heterocycles. The summed E-state index contributed by atoms with van der Waals surface area (Å²) >= 11 is 5.95. The van der Waals surface area contributed by atoms with E-state index in [1.165, 1.54) is 30.3 Å². The molecule has 2 aromatic carbocycles. The fourth-order valence-corrected chi connectivity index (χ4v) is 3.68. The molecular formula is C22H19ClFN3O3. The van der Waals surface area contributed by atoms with Crippen molar-refractivity contribution in [2.75, 3.05) is 0 Å². The average Bonchev–Trinajstić information content (AvgIpc) is 3.13. The number of nitrogens with one attached hydrogen (secondary N) is 1. The summed E-state index contributed by atoms with van der Waals surface area (Å²) in [6, 6.07) is 13.2. The lowest BCUT2D eigenvalue weighted by molar-refractivity contribution is 0.0871. The van der Waals surface area contributed by atoms with Crippen LogP contribution in [0.15, 0.2) is 59.4 Å². The molecule has 1 fully saturated rings. The van der Waals surface area contributed by atoms with E-state index in [1.807, 2.05) is 0 Å². The van der Waals surface area contributed by atoms with Gasteiger partial charge >= 0.3 is 0 Å². The fourth-order valence-electron chi connectivity index (χ4n) is 3.56. The molecule has 1 aliphatic rings. The Morgan fingerprint density at radius 1 is 1.17 bits per heavy atom. The molecule has 154 valence electrons. The molecule has 0 radical (unpaired) electrons. The Balaban J connectivity index is 1.82. The van der Waals surface area contributed by atoms with Crippen molar-refractivity contribution >= 4 is 17.5 Å². The van der Waals surface area contributed by atoms with Crippen LogP contribution in [0.25, 0.3) is 16.9 Å². The molecule has 1 saturated carbocycles. The predicted octanol–water partition coefficient (Wildman–Crippen LogP) is 3.34. The summed E-state index contributed by atoms with van der Waals surface area (Å²) < 4.78 is 14.8. The quantitative estimate of drug-likeness (QED) is 0.669. The molecular weight excluding hydrogens is 409 g/mol. The first-order chi connectivity index (χ1) is 14.4. The first kappa shape index (κ1) is 20.3. The van der Waals surface area contributed by atoms with Gasteiger partial charge in [0.1, 0.15) is 11.4 Å². The van der Waals surface area contributed by atoms with Crippen LogP contribution in [0.3, 0.4) is 0 Å². The van der Waals surface area contributed by atoms with Gasteiger partial charge in [-0.05, 0) is 55.7 Å². The lowest BCUT2D eigenvalue weighted by atomic mass is 10.1. The minimum atomic E-state index is -0.677. The number of nitrogens with zero attached hydrogens (tertiary/aromatic N) is 2. The van der Waals surface area contributed by atoms with Gasteiger partial charge in [0, 0.05) is 10.6 Å². The maximum absolute atomic E-state index is 13.8. The van der Waals surface area contributed by atoms with E-state index in [1.54, 1.807) is 24.3 Å². The number of carbonyl (C=O) groups is 1. The van der Waals surface area contributed by atoms with E-state index >= 15 is 0 Å². The zero-order chi connectivity index (χ0) is 21.3. The van der Waals surface area contributed by atoms with Crippen molar-refractivity contribution < 1.29 is 14.3 Å². The Morgan fingerprint density at radius 3 is 2.60 bits per heavy atom. The van der Waals surface area contributed by atoms with Gasteiger partial charge in [-0.15, -0.1) is 0 Å². The molecule has 0 aliphatic heterocycles. The van der Waals surface area contributed by atoms with Crippen molar-refractivity contribution in [3.05, 3.63) is 81.4 Å². The molecule has 8 heteroatoms. The number of rotatable bonds is 4. The number of benzene rings is 2. The molecule has 6 nitrogen and oxygen atoms in total. The van der Waals surface area contributed by atoms with Gasteiger partial charge in [-0.1, -0.05) is 29.8 Å². The third-order valence-corrected chi connectivity index (χ3v) is 5.40. The van der Waals surface area contributed by atoms with Crippen LogP contribution in [0.2, 0.25) is 5.02 Å². The van der Waals surface area contributed by atoms with Crippen molar-refractivity contribution in [3.8, 4) is 16.9 Å². The van der Waals surface area contributed by atoms with E-state index in [-0.39, 0.29) is 11.3 Å². The molecule has 0 bridgehead atoms. The molecule has 1 aromatic heterocycles. The van der Waals surface area contributed by atoms with Crippen LogP contribution in [0, 0.1) is 5.82 Å². The number of aliphatic hydroxyl groups excluding tert-OH is 1. The van der Waals surface area contributed by atoms with E-state index in [0.29, 0.717) is 29.1 Å². The van der Waals surface area contributed by atoms with Crippen LogP contribution < -0.4 is 10.9 Å². The largest absolute Gasteiger partial charge is 0.391 e. The van der Waals surface area contributed by atoms with Crippen molar-refractivity contribution in [2.45, 2.75) is 31.4 Å². The first-order valence-electron chi connectivity index (χ1n) is 9.57. The summed E-state index contributed by atoms with van der Waals surface area (Å²) in [7, 11) is 0. The topological polar surface area (TPSA) is 84.2 Å². The lowest BCUT2D eigenvalue weighted by Crippen LogP contribution is -2.42. The molecule has 1 heterocycles. The average molecular weight is 428 g/mol. The highest BCUT2D eigenvalue weighted by atomic mass is 35.5. The molecule has 2 atom stereocenters. The number of amides is 1. The summed E-state index contributed by atoms with van der Waals surface area (Å²) in [6.07, 6.45) is 1.40. The number of halogens is 2. The third kappa shape index (κ3) is 4.13. The number of aromatic nitrogens is 2. The van der Waals surface area contributed by atoms with E-state index < -0.39 is 29.4 Å². The Morgan fingerprint density at radius 2 is 1.93 bits per heavy atom. The molecule has 0 unspecified atom stereocenters. The van der Waals surface area contributed by atoms with Gasteiger partial charge in [0.25, 0.3) is 11.5 Å². The second kappa shape index (κ2) is 8.38. The van der Waals surface area contributed by atoms with Crippen LogP contribution in [0.1, 0.15) is 29.6 Å². The Kier molecular flexibility index (Phi) is 5.65.